The largest absolute Gasteiger partial charge is 0.494 e. The monoisotopic (exact) mass is 330 g/mol. The molecule has 18 heavy (non-hydrogen) atoms. The molecule has 0 heterocycles. The van der Waals surface area contributed by atoms with Crippen molar-refractivity contribution in [1.82, 2.24) is 0 Å². The van der Waals surface area contributed by atoms with E-state index in [1.54, 1.807) is 0 Å². The molecule has 1 fully saturated rings. The lowest BCUT2D eigenvalue weighted by Crippen LogP contribution is -2.13. The van der Waals surface area contributed by atoms with Gasteiger partial charge in [0.15, 0.2) is 0 Å². The Morgan fingerprint density at radius 3 is 2.72 bits per heavy atom. The Balaban J connectivity index is 2.21. The molecule has 1 nitrogen and oxygen atoms in total. The van der Waals surface area contributed by atoms with Crippen molar-refractivity contribution in [3.63, 3.8) is 0 Å². The van der Waals surface area contributed by atoms with Crippen molar-refractivity contribution in [3.8, 4) is 5.75 Å². The molecule has 1 aliphatic carbocycles. The molecule has 0 saturated heterocycles. The summed E-state index contributed by atoms with van der Waals surface area (Å²) >= 11 is 10.2. The fourth-order valence-electron chi connectivity index (χ4n) is 2.70. The van der Waals surface area contributed by atoms with Gasteiger partial charge in [0.25, 0.3) is 0 Å². The lowest BCUT2D eigenvalue weighted by Gasteiger charge is -2.27. The molecule has 1 aromatic carbocycles. The van der Waals surface area contributed by atoms with Crippen LogP contribution in [0, 0.1) is 5.92 Å². The van der Waals surface area contributed by atoms with Gasteiger partial charge in [0.1, 0.15) is 5.75 Å². The highest BCUT2D eigenvalue weighted by molar-refractivity contribution is 9.10. The average Bonchev–Trinajstić information content (AvgIpc) is 2.41. The van der Waals surface area contributed by atoms with Crippen molar-refractivity contribution in [3.05, 3.63) is 28.2 Å². The summed E-state index contributed by atoms with van der Waals surface area (Å²) in [5.74, 6) is 1.53. The van der Waals surface area contributed by atoms with E-state index >= 15 is 0 Å². The summed E-state index contributed by atoms with van der Waals surface area (Å²) in [6.07, 6.45) is 6.47. The number of alkyl halides is 1. The van der Waals surface area contributed by atoms with Crippen LogP contribution in [0.2, 0.25) is 0 Å². The summed E-state index contributed by atoms with van der Waals surface area (Å²) in [5.41, 5.74) is 1.14. The predicted octanol–water partition coefficient (Wildman–Crippen LogP) is 5.71. The normalized spacial score (nSPS) is 18.6. The summed E-state index contributed by atoms with van der Waals surface area (Å²) in [6.45, 7) is 2.69. The topological polar surface area (TPSA) is 9.23 Å². The number of benzene rings is 1. The van der Waals surface area contributed by atoms with Crippen LogP contribution in [-0.2, 0) is 0 Å². The van der Waals surface area contributed by atoms with Crippen LogP contribution in [0.25, 0.3) is 0 Å². The Bertz CT molecular complexity index is 388. The third kappa shape index (κ3) is 3.42. The molecule has 1 saturated carbocycles. The lowest BCUT2D eigenvalue weighted by molar-refractivity contribution is 0.319. The number of ether oxygens (including phenoxy) is 1. The van der Waals surface area contributed by atoms with Crippen LogP contribution >= 0.6 is 27.5 Å². The second-order valence-corrected chi connectivity index (χ2v) is 6.30. The van der Waals surface area contributed by atoms with Crippen LogP contribution in [-0.4, -0.2) is 6.61 Å². The maximum absolute atomic E-state index is 6.70. The van der Waals surface area contributed by atoms with Crippen molar-refractivity contribution in [1.29, 1.82) is 0 Å². The molecule has 1 aromatic rings. The molecule has 0 amide bonds. The first-order valence-electron chi connectivity index (χ1n) is 6.78. The first kappa shape index (κ1) is 14.2. The Labute approximate surface area is 123 Å². The summed E-state index contributed by atoms with van der Waals surface area (Å²) in [6, 6.07) is 6.14. The third-order valence-corrected chi connectivity index (χ3v) is 4.72. The van der Waals surface area contributed by atoms with E-state index in [1.165, 1.54) is 32.1 Å². The minimum atomic E-state index is 0.0735. The molecule has 100 valence electrons. The zero-order valence-corrected chi connectivity index (χ0v) is 13.1. The Morgan fingerprint density at radius 2 is 2.06 bits per heavy atom. The van der Waals surface area contributed by atoms with Crippen LogP contribution < -0.4 is 4.74 Å². The molecule has 0 aromatic heterocycles. The standard InChI is InChI=1S/C15H20BrClO/c1-2-18-14-9-8-12(16)10-13(14)15(17)11-6-4-3-5-7-11/h8-11,15H,2-7H2,1H3. The fourth-order valence-corrected chi connectivity index (χ4v) is 3.50. The summed E-state index contributed by atoms with van der Waals surface area (Å²) < 4.78 is 6.77. The highest BCUT2D eigenvalue weighted by Crippen LogP contribution is 2.42. The fraction of sp³-hybridized carbons (Fsp3) is 0.600. The van der Waals surface area contributed by atoms with Crippen molar-refractivity contribution < 1.29 is 4.74 Å². The SMILES string of the molecule is CCOc1ccc(Br)cc1C(Cl)C1CCCCC1. The summed E-state index contributed by atoms with van der Waals surface area (Å²) in [7, 11) is 0. The van der Waals surface area contributed by atoms with Gasteiger partial charge in [-0.1, -0.05) is 35.2 Å². The zero-order valence-electron chi connectivity index (χ0n) is 10.8. The van der Waals surface area contributed by atoms with Gasteiger partial charge in [-0.2, -0.15) is 0 Å². The molecule has 0 bridgehead atoms. The van der Waals surface area contributed by atoms with Crippen molar-refractivity contribution >= 4 is 27.5 Å². The quantitative estimate of drug-likeness (QED) is 0.642. The summed E-state index contributed by atoms with van der Waals surface area (Å²) in [4.78, 5) is 0. The van der Waals surface area contributed by atoms with Gasteiger partial charge in [0, 0.05) is 10.0 Å². The van der Waals surface area contributed by atoms with E-state index in [0.717, 1.165) is 15.8 Å². The molecule has 0 radical (unpaired) electrons. The van der Waals surface area contributed by atoms with Gasteiger partial charge in [-0.15, -0.1) is 11.6 Å². The van der Waals surface area contributed by atoms with Crippen LogP contribution in [0.5, 0.6) is 5.75 Å². The number of halogens is 2. The summed E-state index contributed by atoms with van der Waals surface area (Å²) in [5, 5.41) is 0.0735. The van der Waals surface area contributed by atoms with Crippen LogP contribution in [0.3, 0.4) is 0 Å². The Morgan fingerprint density at radius 1 is 1.33 bits per heavy atom. The van der Waals surface area contributed by atoms with Gasteiger partial charge in [0.2, 0.25) is 0 Å². The van der Waals surface area contributed by atoms with Gasteiger partial charge < -0.3 is 4.74 Å². The van der Waals surface area contributed by atoms with Gasteiger partial charge in [-0.25, -0.2) is 0 Å². The molecule has 2 rings (SSSR count). The lowest BCUT2D eigenvalue weighted by atomic mass is 9.84. The second kappa shape index (κ2) is 6.81. The minimum Gasteiger partial charge on any atom is -0.494 e. The molecular weight excluding hydrogens is 312 g/mol. The van der Waals surface area contributed by atoms with Gasteiger partial charge in [-0.05, 0) is 43.9 Å². The number of hydrogen-bond donors (Lipinski definition) is 0. The van der Waals surface area contributed by atoms with Gasteiger partial charge >= 0.3 is 0 Å². The molecule has 0 aliphatic heterocycles. The Hall–Kier alpha value is -0.210. The maximum Gasteiger partial charge on any atom is 0.124 e. The molecular formula is C15H20BrClO. The average molecular weight is 332 g/mol. The number of hydrogen-bond acceptors (Lipinski definition) is 1. The molecule has 0 N–H and O–H groups in total. The first-order valence-corrected chi connectivity index (χ1v) is 8.01. The number of rotatable bonds is 4. The van der Waals surface area contributed by atoms with E-state index in [-0.39, 0.29) is 5.38 Å². The smallest absolute Gasteiger partial charge is 0.124 e. The van der Waals surface area contributed by atoms with Crippen LogP contribution in [0.4, 0.5) is 0 Å². The van der Waals surface area contributed by atoms with E-state index < -0.39 is 0 Å². The highest BCUT2D eigenvalue weighted by atomic mass is 79.9. The molecule has 3 heteroatoms. The van der Waals surface area contributed by atoms with Gasteiger partial charge in [-0.3, -0.25) is 0 Å². The molecule has 0 spiro atoms. The van der Waals surface area contributed by atoms with Crippen LogP contribution in [0.15, 0.2) is 22.7 Å². The van der Waals surface area contributed by atoms with Crippen molar-refractivity contribution in [2.24, 2.45) is 5.92 Å². The molecule has 1 unspecified atom stereocenters. The van der Waals surface area contributed by atoms with E-state index in [0.29, 0.717) is 12.5 Å². The van der Waals surface area contributed by atoms with Crippen molar-refractivity contribution in [2.45, 2.75) is 44.4 Å². The minimum absolute atomic E-state index is 0.0735. The zero-order chi connectivity index (χ0) is 13.0. The van der Waals surface area contributed by atoms with E-state index in [2.05, 4.69) is 22.0 Å². The third-order valence-electron chi connectivity index (χ3n) is 3.63. The second-order valence-electron chi connectivity index (χ2n) is 4.92. The first-order chi connectivity index (χ1) is 8.72. The highest BCUT2D eigenvalue weighted by Gasteiger charge is 2.25. The van der Waals surface area contributed by atoms with Gasteiger partial charge in [0.05, 0.1) is 12.0 Å². The molecule has 1 aliphatic rings. The van der Waals surface area contributed by atoms with Crippen molar-refractivity contribution in [2.75, 3.05) is 6.61 Å². The van der Waals surface area contributed by atoms with E-state index in [4.69, 9.17) is 16.3 Å². The van der Waals surface area contributed by atoms with E-state index in [1.807, 2.05) is 19.1 Å². The molecule has 1 atom stereocenters. The van der Waals surface area contributed by atoms with Crippen LogP contribution in [0.1, 0.15) is 50.0 Å². The van der Waals surface area contributed by atoms with E-state index in [9.17, 15) is 0 Å². The Kier molecular flexibility index (Phi) is 5.38. The predicted molar refractivity (Wildman–Crippen MR) is 80.5 cm³/mol. The maximum atomic E-state index is 6.70.